The van der Waals surface area contributed by atoms with E-state index in [0.717, 1.165) is 37.5 Å². The van der Waals surface area contributed by atoms with Gasteiger partial charge in [-0.2, -0.15) is 0 Å². The molecule has 0 aromatic carbocycles. The van der Waals surface area contributed by atoms with E-state index >= 15 is 0 Å². The summed E-state index contributed by atoms with van der Waals surface area (Å²) in [4.78, 5) is 26.3. The highest BCUT2D eigenvalue weighted by molar-refractivity contribution is 6.05. The van der Waals surface area contributed by atoms with Crippen LogP contribution in [-0.2, 0) is 9.59 Å². The van der Waals surface area contributed by atoms with Gasteiger partial charge in [0.15, 0.2) is 0 Å². The largest absolute Gasteiger partial charge is 0.302 e. The molecule has 0 spiro atoms. The van der Waals surface area contributed by atoms with Crippen LogP contribution in [0.3, 0.4) is 0 Å². The van der Waals surface area contributed by atoms with Crippen LogP contribution in [0.1, 0.15) is 57.8 Å². The molecule has 4 rings (SSSR count). The molecule has 4 atom stereocenters. The van der Waals surface area contributed by atoms with Gasteiger partial charge in [-0.1, -0.05) is 19.3 Å². The van der Waals surface area contributed by atoms with Crippen molar-refractivity contribution >= 4 is 11.8 Å². The molecule has 0 aromatic rings. The third kappa shape index (κ3) is 2.00. The van der Waals surface area contributed by atoms with E-state index in [1.165, 1.54) is 25.7 Å². The van der Waals surface area contributed by atoms with Gasteiger partial charge in [-0.3, -0.25) is 14.5 Å². The maximum atomic E-state index is 12.5. The average molecular weight is 276 g/mol. The summed E-state index contributed by atoms with van der Waals surface area (Å²) in [7, 11) is 0. The number of likely N-dealkylation sites (tertiary alicyclic amines) is 1. The fourth-order valence-corrected chi connectivity index (χ4v) is 5.03. The molecule has 3 aliphatic carbocycles. The molecule has 2 bridgehead atoms. The summed E-state index contributed by atoms with van der Waals surface area (Å²) >= 11 is 0. The Bertz CT molecular complexity index is 430. The summed E-state index contributed by atoms with van der Waals surface area (Å²) in [6, 6.07) is 0.452. The van der Waals surface area contributed by atoms with Crippen LogP contribution in [0.5, 0.6) is 0 Å². The van der Waals surface area contributed by atoms with Crippen LogP contribution in [0.4, 0.5) is 0 Å². The van der Waals surface area contributed by atoms with Crippen molar-refractivity contribution in [2.45, 2.75) is 75.9 Å². The molecule has 4 unspecified atom stereocenters. The van der Waals surface area contributed by atoms with Crippen LogP contribution in [0.15, 0.2) is 0 Å². The second-order valence-electron chi connectivity index (χ2n) is 7.24. The number of nitrogens with zero attached hydrogens (tertiary/aromatic N) is 1. The summed E-state index contributed by atoms with van der Waals surface area (Å²) in [6.07, 6.45) is 9.96. The Balaban J connectivity index is 1.42. The van der Waals surface area contributed by atoms with E-state index in [-0.39, 0.29) is 23.9 Å². The standard InChI is InChI=1S/C16H24N2O2/c19-15-9-14(16(20)18(15)12-3-1-2-4-12)17-13-8-10-5-6-11(13)7-10/h10-14,17H,1-9H2. The molecule has 4 fully saturated rings. The Morgan fingerprint density at radius 1 is 1.00 bits per heavy atom. The molecule has 4 nitrogen and oxygen atoms in total. The molecular weight excluding hydrogens is 252 g/mol. The highest BCUT2D eigenvalue weighted by Gasteiger charge is 2.46. The lowest BCUT2D eigenvalue weighted by molar-refractivity contribution is -0.141. The van der Waals surface area contributed by atoms with Crippen molar-refractivity contribution in [2.75, 3.05) is 0 Å². The van der Waals surface area contributed by atoms with E-state index in [4.69, 9.17) is 0 Å². The SMILES string of the molecule is O=C1CC(NC2CC3CCC2C3)C(=O)N1C1CCCC1. The van der Waals surface area contributed by atoms with Crippen molar-refractivity contribution in [3.05, 3.63) is 0 Å². The van der Waals surface area contributed by atoms with Crippen molar-refractivity contribution in [3.8, 4) is 0 Å². The zero-order chi connectivity index (χ0) is 13.7. The maximum Gasteiger partial charge on any atom is 0.247 e. The molecule has 20 heavy (non-hydrogen) atoms. The molecular formula is C16H24N2O2. The van der Waals surface area contributed by atoms with Crippen LogP contribution in [0.2, 0.25) is 0 Å². The van der Waals surface area contributed by atoms with Crippen LogP contribution < -0.4 is 5.32 Å². The topological polar surface area (TPSA) is 49.4 Å². The number of hydrogen-bond donors (Lipinski definition) is 1. The fourth-order valence-electron chi connectivity index (χ4n) is 5.03. The van der Waals surface area contributed by atoms with Crippen LogP contribution in [-0.4, -0.2) is 34.8 Å². The van der Waals surface area contributed by atoms with Gasteiger partial charge in [-0.15, -0.1) is 0 Å². The summed E-state index contributed by atoms with van der Waals surface area (Å²) in [5.41, 5.74) is 0. The summed E-state index contributed by atoms with van der Waals surface area (Å²) in [5.74, 6) is 1.74. The maximum absolute atomic E-state index is 12.5. The van der Waals surface area contributed by atoms with Crippen molar-refractivity contribution in [1.29, 1.82) is 0 Å². The van der Waals surface area contributed by atoms with Gasteiger partial charge in [-0.25, -0.2) is 0 Å². The summed E-state index contributed by atoms with van der Waals surface area (Å²) < 4.78 is 0. The van der Waals surface area contributed by atoms with Gasteiger partial charge in [0.1, 0.15) is 0 Å². The van der Waals surface area contributed by atoms with Crippen molar-refractivity contribution in [1.82, 2.24) is 10.2 Å². The Kier molecular flexibility index (Phi) is 3.09. The van der Waals surface area contributed by atoms with Crippen LogP contribution >= 0.6 is 0 Å². The molecule has 1 aliphatic heterocycles. The Morgan fingerprint density at radius 3 is 2.45 bits per heavy atom. The summed E-state index contributed by atoms with van der Waals surface area (Å²) in [6.45, 7) is 0. The van der Waals surface area contributed by atoms with Crippen molar-refractivity contribution in [3.63, 3.8) is 0 Å². The molecule has 4 aliphatic rings. The first-order chi connectivity index (χ1) is 9.72. The molecule has 3 saturated carbocycles. The number of rotatable bonds is 3. The van der Waals surface area contributed by atoms with Gasteiger partial charge < -0.3 is 5.32 Å². The monoisotopic (exact) mass is 276 g/mol. The number of amides is 2. The minimum atomic E-state index is -0.229. The van der Waals surface area contributed by atoms with Crippen molar-refractivity contribution in [2.24, 2.45) is 11.8 Å². The molecule has 110 valence electrons. The first-order valence-corrected chi connectivity index (χ1v) is 8.34. The zero-order valence-corrected chi connectivity index (χ0v) is 12.0. The molecule has 2 amide bonds. The highest BCUT2D eigenvalue weighted by atomic mass is 16.2. The van der Waals surface area contributed by atoms with E-state index in [9.17, 15) is 9.59 Å². The zero-order valence-electron chi connectivity index (χ0n) is 12.0. The average Bonchev–Trinajstić information content (AvgIpc) is 3.16. The third-order valence-corrected chi connectivity index (χ3v) is 6.03. The number of carbonyl (C=O) groups is 2. The predicted octanol–water partition coefficient (Wildman–Crippen LogP) is 1.83. The molecule has 1 N–H and O–H groups in total. The van der Waals surface area contributed by atoms with Gasteiger partial charge in [0.05, 0.1) is 12.5 Å². The van der Waals surface area contributed by atoms with E-state index in [0.29, 0.717) is 12.5 Å². The number of hydrogen-bond acceptors (Lipinski definition) is 3. The number of nitrogens with one attached hydrogen (secondary N) is 1. The Labute approximate surface area is 120 Å². The predicted molar refractivity (Wildman–Crippen MR) is 74.9 cm³/mol. The molecule has 1 saturated heterocycles. The second kappa shape index (κ2) is 4.83. The minimum absolute atomic E-state index is 0.0579. The van der Waals surface area contributed by atoms with Crippen molar-refractivity contribution < 1.29 is 9.59 Å². The second-order valence-corrected chi connectivity index (χ2v) is 7.24. The van der Waals surface area contributed by atoms with Gasteiger partial charge >= 0.3 is 0 Å². The van der Waals surface area contributed by atoms with Gasteiger partial charge in [-0.05, 0) is 43.9 Å². The normalized spacial score (nSPS) is 41.3. The van der Waals surface area contributed by atoms with Gasteiger partial charge in [0.2, 0.25) is 11.8 Å². The number of carbonyl (C=O) groups excluding carboxylic acids is 2. The van der Waals surface area contributed by atoms with Gasteiger partial charge in [0.25, 0.3) is 0 Å². The van der Waals surface area contributed by atoms with Crippen LogP contribution in [0.25, 0.3) is 0 Å². The van der Waals surface area contributed by atoms with E-state index < -0.39 is 0 Å². The quantitative estimate of drug-likeness (QED) is 0.800. The lowest BCUT2D eigenvalue weighted by atomic mass is 9.94. The molecule has 0 radical (unpaired) electrons. The summed E-state index contributed by atoms with van der Waals surface area (Å²) in [5, 5.41) is 3.53. The smallest absolute Gasteiger partial charge is 0.247 e. The molecule has 1 heterocycles. The first kappa shape index (κ1) is 12.8. The van der Waals surface area contributed by atoms with Crippen LogP contribution in [0, 0.1) is 11.8 Å². The lowest BCUT2D eigenvalue weighted by Gasteiger charge is -2.26. The Morgan fingerprint density at radius 2 is 1.80 bits per heavy atom. The number of fused-ring (bicyclic) bond motifs is 2. The van der Waals surface area contributed by atoms with Gasteiger partial charge in [0, 0.05) is 12.1 Å². The highest BCUT2D eigenvalue weighted by Crippen LogP contribution is 2.44. The fraction of sp³-hybridized carbons (Fsp3) is 0.875. The van der Waals surface area contributed by atoms with E-state index in [1.807, 2.05) is 0 Å². The third-order valence-electron chi connectivity index (χ3n) is 6.03. The molecule has 0 aromatic heterocycles. The first-order valence-electron chi connectivity index (χ1n) is 8.34. The molecule has 4 heteroatoms. The van der Waals surface area contributed by atoms with E-state index in [1.54, 1.807) is 4.90 Å². The lowest BCUT2D eigenvalue weighted by Crippen LogP contribution is -2.47. The van der Waals surface area contributed by atoms with E-state index in [2.05, 4.69) is 5.32 Å². The number of imide groups is 1. The Hall–Kier alpha value is -0.900. The minimum Gasteiger partial charge on any atom is -0.302 e.